The third-order valence-corrected chi connectivity index (χ3v) is 5.60. The largest absolute Gasteiger partial charge is 0.491 e. The Morgan fingerprint density at radius 2 is 1.81 bits per heavy atom. The molecule has 3 aromatic rings. The fraction of sp³-hybridized carbons (Fsp3) is 0.333. The molecule has 0 radical (unpaired) electrons. The quantitative estimate of drug-likeness (QED) is 0.457. The Bertz CT molecular complexity index is 1050. The minimum Gasteiger partial charge on any atom is -0.491 e. The smallest absolute Gasteiger partial charge is 0.410 e. The van der Waals surface area contributed by atoms with E-state index < -0.39 is 18.3 Å². The van der Waals surface area contributed by atoms with Crippen LogP contribution in [-0.2, 0) is 0 Å². The van der Waals surface area contributed by atoms with Crippen molar-refractivity contribution < 1.29 is 22.7 Å². The average molecular weight is 443 g/mol. The van der Waals surface area contributed by atoms with E-state index in [4.69, 9.17) is 4.74 Å². The van der Waals surface area contributed by atoms with Crippen LogP contribution < -0.4 is 10.1 Å². The van der Waals surface area contributed by atoms with Crippen molar-refractivity contribution in [3.63, 3.8) is 0 Å². The first kappa shape index (κ1) is 21.9. The molecule has 1 unspecified atom stereocenters. The van der Waals surface area contributed by atoms with Gasteiger partial charge in [-0.2, -0.15) is 18.3 Å². The SMILES string of the molecule is CC(CCC(=O)c1cnn2c1N[C@@H](c1ccccc1)C[C@H]2C(F)(F)F)Oc1ccccc1. The highest BCUT2D eigenvalue weighted by molar-refractivity contribution is 6.00. The Morgan fingerprint density at radius 1 is 1.16 bits per heavy atom. The van der Waals surface area contributed by atoms with Crippen LogP contribution >= 0.6 is 0 Å². The third-order valence-electron chi connectivity index (χ3n) is 5.60. The second-order valence-electron chi connectivity index (χ2n) is 7.96. The molecular formula is C24H24F3N3O2. The zero-order chi connectivity index (χ0) is 22.7. The molecule has 1 aliphatic rings. The van der Waals surface area contributed by atoms with Gasteiger partial charge < -0.3 is 10.1 Å². The van der Waals surface area contributed by atoms with E-state index in [9.17, 15) is 18.0 Å². The number of nitrogens with zero attached hydrogens (tertiary/aromatic N) is 2. The van der Waals surface area contributed by atoms with Gasteiger partial charge in [0.2, 0.25) is 0 Å². The first-order valence-corrected chi connectivity index (χ1v) is 10.5. The van der Waals surface area contributed by atoms with Gasteiger partial charge in [-0.15, -0.1) is 0 Å². The molecule has 4 rings (SSSR count). The molecule has 0 bridgehead atoms. The number of Topliss-reactive ketones (excluding diaryl/α,β-unsaturated/α-hetero) is 1. The molecule has 0 saturated carbocycles. The lowest BCUT2D eigenvalue weighted by Crippen LogP contribution is -2.36. The Balaban J connectivity index is 1.51. The van der Waals surface area contributed by atoms with Gasteiger partial charge in [0.15, 0.2) is 11.8 Å². The van der Waals surface area contributed by atoms with E-state index in [0.29, 0.717) is 12.2 Å². The van der Waals surface area contributed by atoms with Crippen molar-refractivity contribution >= 4 is 11.6 Å². The molecule has 1 aromatic heterocycles. The Labute approximate surface area is 184 Å². The minimum atomic E-state index is -4.48. The van der Waals surface area contributed by atoms with Gasteiger partial charge in [0.05, 0.1) is 23.9 Å². The summed E-state index contributed by atoms with van der Waals surface area (Å²) >= 11 is 0. The summed E-state index contributed by atoms with van der Waals surface area (Å²) in [6, 6.07) is 15.8. The molecule has 3 atom stereocenters. The average Bonchev–Trinajstić information content (AvgIpc) is 3.21. The number of carbonyl (C=O) groups excluding carboxylic acids is 1. The number of halogens is 3. The van der Waals surface area contributed by atoms with Gasteiger partial charge in [-0.1, -0.05) is 48.5 Å². The lowest BCUT2D eigenvalue weighted by atomic mass is 9.96. The lowest BCUT2D eigenvalue weighted by Gasteiger charge is -2.34. The van der Waals surface area contributed by atoms with Crippen molar-refractivity contribution in [1.82, 2.24) is 9.78 Å². The highest BCUT2D eigenvalue weighted by atomic mass is 19.4. The molecule has 5 nitrogen and oxygen atoms in total. The van der Waals surface area contributed by atoms with E-state index in [-0.39, 0.29) is 36.1 Å². The van der Waals surface area contributed by atoms with Crippen molar-refractivity contribution in [3.8, 4) is 5.75 Å². The summed E-state index contributed by atoms with van der Waals surface area (Å²) in [6.45, 7) is 1.86. The van der Waals surface area contributed by atoms with Gasteiger partial charge in [0.1, 0.15) is 11.6 Å². The topological polar surface area (TPSA) is 56.2 Å². The number of ether oxygens (including phenoxy) is 1. The summed E-state index contributed by atoms with van der Waals surface area (Å²) in [5.74, 6) is 0.557. The monoisotopic (exact) mass is 443 g/mol. The maximum absolute atomic E-state index is 13.8. The molecule has 1 N–H and O–H groups in total. The predicted octanol–water partition coefficient (Wildman–Crippen LogP) is 5.97. The fourth-order valence-corrected chi connectivity index (χ4v) is 3.93. The zero-order valence-corrected chi connectivity index (χ0v) is 17.5. The number of nitrogens with one attached hydrogen (secondary N) is 1. The van der Waals surface area contributed by atoms with Gasteiger partial charge in [-0.05, 0) is 31.0 Å². The van der Waals surface area contributed by atoms with Crippen LogP contribution in [0.25, 0.3) is 0 Å². The highest BCUT2D eigenvalue weighted by Crippen LogP contribution is 2.44. The number of hydrogen-bond donors (Lipinski definition) is 1. The third kappa shape index (κ3) is 4.79. The number of aromatic nitrogens is 2. The van der Waals surface area contributed by atoms with Crippen LogP contribution in [0.1, 0.15) is 54.2 Å². The Hall–Kier alpha value is -3.29. The summed E-state index contributed by atoms with van der Waals surface area (Å²) in [7, 11) is 0. The summed E-state index contributed by atoms with van der Waals surface area (Å²) < 4.78 is 48.1. The number of benzene rings is 2. The van der Waals surface area contributed by atoms with Gasteiger partial charge in [-0.3, -0.25) is 4.79 Å². The van der Waals surface area contributed by atoms with Crippen molar-refractivity contribution in [2.75, 3.05) is 5.32 Å². The minimum absolute atomic E-state index is 0.119. The molecule has 0 saturated heterocycles. The summed E-state index contributed by atoms with van der Waals surface area (Å²) in [4.78, 5) is 12.9. The predicted molar refractivity (Wildman–Crippen MR) is 115 cm³/mol. The maximum atomic E-state index is 13.8. The van der Waals surface area contributed by atoms with Crippen LogP contribution in [0.2, 0.25) is 0 Å². The van der Waals surface area contributed by atoms with Gasteiger partial charge in [-0.25, -0.2) is 4.68 Å². The molecule has 2 heterocycles. The second kappa shape index (κ2) is 9.06. The molecule has 32 heavy (non-hydrogen) atoms. The number of fused-ring (bicyclic) bond motifs is 1. The van der Waals surface area contributed by atoms with E-state index in [1.165, 1.54) is 6.20 Å². The normalized spacial score (nSPS) is 19.0. The van der Waals surface area contributed by atoms with Crippen LogP contribution in [0.5, 0.6) is 5.75 Å². The molecule has 0 amide bonds. The lowest BCUT2D eigenvalue weighted by molar-refractivity contribution is -0.173. The molecule has 1 aliphatic heterocycles. The Morgan fingerprint density at radius 3 is 2.47 bits per heavy atom. The highest BCUT2D eigenvalue weighted by Gasteiger charge is 2.47. The van der Waals surface area contributed by atoms with Crippen LogP contribution in [0.3, 0.4) is 0 Å². The van der Waals surface area contributed by atoms with Gasteiger partial charge in [0.25, 0.3) is 0 Å². The molecule has 0 spiro atoms. The standard InChI is InChI=1S/C24H24F3N3O2/c1-16(32-18-10-6-3-7-11-18)12-13-21(31)19-15-28-30-22(24(25,26)27)14-20(29-23(19)30)17-8-4-2-5-9-17/h2-11,15-16,20,22,29H,12-14H2,1H3/t16?,20-,22+/m1/s1. The van der Waals surface area contributed by atoms with E-state index in [1.807, 2.05) is 43.3 Å². The number of alkyl halides is 3. The van der Waals surface area contributed by atoms with Crippen LogP contribution in [-0.4, -0.2) is 27.8 Å². The summed E-state index contributed by atoms with van der Waals surface area (Å²) in [5, 5.41) is 7.05. The first-order valence-electron chi connectivity index (χ1n) is 10.5. The number of rotatable bonds is 7. The summed E-state index contributed by atoms with van der Waals surface area (Å²) in [5.41, 5.74) is 0.907. The van der Waals surface area contributed by atoms with Crippen LogP contribution in [0, 0.1) is 0 Å². The van der Waals surface area contributed by atoms with E-state index in [1.54, 1.807) is 24.3 Å². The van der Waals surface area contributed by atoms with Crippen molar-refractivity contribution in [3.05, 3.63) is 78.0 Å². The zero-order valence-electron chi connectivity index (χ0n) is 17.5. The van der Waals surface area contributed by atoms with Gasteiger partial charge in [0, 0.05) is 12.8 Å². The van der Waals surface area contributed by atoms with E-state index in [2.05, 4.69) is 10.4 Å². The van der Waals surface area contributed by atoms with Crippen LogP contribution in [0.15, 0.2) is 66.9 Å². The number of carbonyl (C=O) groups is 1. The number of para-hydroxylation sites is 1. The summed E-state index contributed by atoms with van der Waals surface area (Å²) in [6.07, 6.45) is -3.09. The molecule has 8 heteroatoms. The molecule has 0 fully saturated rings. The van der Waals surface area contributed by atoms with Crippen molar-refractivity contribution in [2.24, 2.45) is 0 Å². The first-order chi connectivity index (χ1) is 15.3. The number of hydrogen-bond acceptors (Lipinski definition) is 4. The van der Waals surface area contributed by atoms with Crippen molar-refractivity contribution in [2.45, 2.75) is 50.6 Å². The van der Waals surface area contributed by atoms with Crippen molar-refractivity contribution in [1.29, 1.82) is 0 Å². The second-order valence-corrected chi connectivity index (χ2v) is 7.96. The Kier molecular flexibility index (Phi) is 6.21. The number of ketones is 1. The molecule has 168 valence electrons. The van der Waals surface area contributed by atoms with E-state index >= 15 is 0 Å². The number of anilines is 1. The molecule has 2 aromatic carbocycles. The van der Waals surface area contributed by atoms with E-state index in [0.717, 1.165) is 10.2 Å². The molecule has 0 aliphatic carbocycles. The van der Waals surface area contributed by atoms with Crippen LogP contribution in [0.4, 0.5) is 19.0 Å². The fourth-order valence-electron chi connectivity index (χ4n) is 3.93. The maximum Gasteiger partial charge on any atom is 0.410 e. The molecular weight excluding hydrogens is 419 g/mol. The van der Waals surface area contributed by atoms with Gasteiger partial charge >= 0.3 is 6.18 Å².